The molecule has 0 unspecified atom stereocenters. The van der Waals surface area contributed by atoms with E-state index in [9.17, 15) is 18.5 Å². The van der Waals surface area contributed by atoms with Crippen molar-refractivity contribution in [2.24, 2.45) is 5.92 Å². The molecular formula is C30H28N6O5S. The first-order chi connectivity index (χ1) is 20.3. The lowest BCUT2D eigenvalue weighted by Crippen LogP contribution is -2.37. The van der Waals surface area contributed by atoms with Gasteiger partial charge in [0.1, 0.15) is 30.1 Å². The van der Waals surface area contributed by atoms with Crippen LogP contribution in [0.1, 0.15) is 24.4 Å². The molecule has 0 atom stereocenters. The van der Waals surface area contributed by atoms with Crippen molar-refractivity contribution in [1.29, 1.82) is 0 Å². The summed E-state index contributed by atoms with van der Waals surface area (Å²) in [5.74, 6) is 1.24. The number of aromatic nitrogens is 3. The number of rotatable bonds is 10. The Bertz CT molecular complexity index is 1850. The van der Waals surface area contributed by atoms with E-state index >= 15 is 0 Å². The Morgan fingerprint density at radius 1 is 1.02 bits per heavy atom. The van der Waals surface area contributed by atoms with Crippen LogP contribution in [0.5, 0.6) is 5.75 Å². The van der Waals surface area contributed by atoms with Crippen molar-refractivity contribution < 1.29 is 18.1 Å². The minimum absolute atomic E-state index is 0.00725. The van der Waals surface area contributed by atoms with Gasteiger partial charge in [-0.2, -0.15) is 0 Å². The number of anilines is 1. The standard InChI is InChI=1S/C30H28N6O5S/c31-29-28-27(22-7-4-8-25(15-22)41-18-20-5-2-1-3-6-20)17-35(30(28)33-19-32-29)24-13-21(14-24)16-34-42(39,40)26-11-9-23(10-12-26)36(37)38/h1-12,15,17,19,21,24,34H,13-14,16,18H2,(H2,31,32,33). The molecule has 1 saturated carbocycles. The predicted octanol–water partition coefficient (Wildman–Crippen LogP) is 5.10. The molecule has 0 saturated heterocycles. The number of nitrogen functional groups attached to an aromatic ring is 1. The van der Waals surface area contributed by atoms with Gasteiger partial charge in [-0.15, -0.1) is 0 Å². The number of non-ortho nitro benzene ring substituents is 1. The third-order valence-electron chi connectivity index (χ3n) is 7.56. The fraction of sp³-hybridized carbons (Fsp3) is 0.200. The molecule has 0 amide bonds. The molecule has 12 heteroatoms. The Morgan fingerprint density at radius 2 is 1.79 bits per heavy atom. The zero-order chi connectivity index (χ0) is 29.3. The summed E-state index contributed by atoms with van der Waals surface area (Å²) in [4.78, 5) is 19.1. The van der Waals surface area contributed by atoms with Gasteiger partial charge in [-0.1, -0.05) is 42.5 Å². The number of nitrogens with two attached hydrogens (primary N) is 1. The van der Waals surface area contributed by atoms with E-state index in [4.69, 9.17) is 10.5 Å². The van der Waals surface area contributed by atoms with E-state index in [1.165, 1.54) is 30.6 Å². The number of nitro groups is 1. The zero-order valence-electron chi connectivity index (χ0n) is 22.5. The van der Waals surface area contributed by atoms with Crippen LogP contribution in [0.2, 0.25) is 0 Å². The highest BCUT2D eigenvalue weighted by Crippen LogP contribution is 2.43. The van der Waals surface area contributed by atoms with Crippen molar-refractivity contribution in [3.8, 4) is 16.9 Å². The van der Waals surface area contributed by atoms with Crippen LogP contribution in [-0.4, -0.2) is 34.4 Å². The molecular weight excluding hydrogens is 556 g/mol. The molecule has 42 heavy (non-hydrogen) atoms. The van der Waals surface area contributed by atoms with Crippen LogP contribution in [0.25, 0.3) is 22.2 Å². The number of nitrogens with zero attached hydrogens (tertiary/aromatic N) is 4. The highest BCUT2D eigenvalue weighted by atomic mass is 32.2. The predicted molar refractivity (Wildman–Crippen MR) is 158 cm³/mol. The minimum atomic E-state index is -3.78. The second kappa shape index (κ2) is 11.2. The monoisotopic (exact) mass is 584 g/mol. The minimum Gasteiger partial charge on any atom is -0.489 e. The van der Waals surface area contributed by atoms with Crippen molar-refractivity contribution >= 4 is 32.6 Å². The van der Waals surface area contributed by atoms with Gasteiger partial charge in [0.05, 0.1) is 15.2 Å². The topological polar surface area (TPSA) is 155 Å². The molecule has 1 aliphatic rings. The molecule has 1 fully saturated rings. The van der Waals surface area contributed by atoms with E-state index < -0.39 is 14.9 Å². The van der Waals surface area contributed by atoms with Gasteiger partial charge in [-0.3, -0.25) is 10.1 Å². The molecule has 2 heterocycles. The van der Waals surface area contributed by atoms with Gasteiger partial charge in [0.2, 0.25) is 10.0 Å². The first-order valence-corrected chi connectivity index (χ1v) is 14.9. The maximum Gasteiger partial charge on any atom is 0.269 e. The SMILES string of the molecule is Nc1ncnc2c1c(-c1cccc(OCc3ccccc3)c1)cn2C1CC(CNS(=O)(=O)c2ccc([N+](=O)[O-])cc2)C1. The van der Waals surface area contributed by atoms with Gasteiger partial charge >= 0.3 is 0 Å². The van der Waals surface area contributed by atoms with Crippen LogP contribution in [0.4, 0.5) is 11.5 Å². The molecule has 2 aromatic heterocycles. The summed E-state index contributed by atoms with van der Waals surface area (Å²) in [6.45, 7) is 0.717. The van der Waals surface area contributed by atoms with Crippen molar-refractivity contribution in [2.45, 2.75) is 30.4 Å². The number of ether oxygens (including phenoxy) is 1. The van der Waals surface area contributed by atoms with Crippen molar-refractivity contribution in [2.75, 3.05) is 12.3 Å². The fourth-order valence-electron chi connectivity index (χ4n) is 5.25. The van der Waals surface area contributed by atoms with Crippen molar-refractivity contribution in [3.05, 3.63) is 107 Å². The molecule has 6 rings (SSSR count). The van der Waals surface area contributed by atoms with Crippen molar-refractivity contribution in [1.82, 2.24) is 19.3 Å². The number of hydrogen-bond donors (Lipinski definition) is 2. The van der Waals surface area contributed by atoms with E-state index in [1.54, 1.807) is 0 Å². The number of sulfonamides is 1. The first kappa shape index (κ1) is 27.4. The molecule has 3 N–H and O–H groups in total. The summed E-state index contributed by atoms with van der Waals surface area (Å²) >= 11 is 0. The Kier molecular flexibility index (Phi) is 7.31. The average molecular weight is 585 g/mol. The van der Waals surface area contributed by atoms with E-state index in [0.29, 0.717) is 12.4 Å². The molecule has 0 spiro atoms. The third-order valence-corrected chi connectivity index (χ3v) is 9.00. The third kappa shape index (κ3) is 5.54. The molecule has 0 aliphatic heterocycles. The van der Waals surface area contributed by atoms with E-state index in [2.05, 4.69) is 19.3 Å². The van der Waals surface area contributed by atoms with Crippen LogP contribution < -0.4 is 15.2 Å². The maximum atomic E-state index is 12.7. The highest BCUT2D eigenvalue weighted by molar-refractivity contribution is 7.89. The number of fused-ring (bicyclic) bond motifs is 1. The lowest BCUT2D eigenvalue weighted by atomic mass is 9.80. The average Bonchev–Trinajstić information content (AvgIpc) is 3.36. The van der Waals surface area contributed by atoms with E-state index in [1.807, 2.05) is 60.8 Å². The molecule has 3 aromatic carbocycles. The molecule has 214 valence electrons. The second-order valence-corrected chi connectivity index (χ2v) is 12.1. The van der Waals surface area contributed by atoms with Crippen LogP contribution in [-0.2, 0) is 16.6 Å². The Balaban J connectivity index is 1.16. The van der Waals surface area contributed by atoms with E-state index in [-0.39, 0.29) is 29.1 Å². The fourth-order valence-corrected chi connectivity index (χ4v) is 6.37. The number of nitro benzene ring substituents is 1. The van der Waals surface area contributed by atoms with Gasteiger partial charge in [0.15, 0.2) is 0 Å². The van der Waals surface area contributed by atoms with Crippen LogP contribution in [0.3, 0.4) is 0 Å². The summed E-state index contributed by atoms with van der Waals surface area (Å²) in [6.07, 6.45) is 4.98. The summed E-state index contributed by atoms with van der Waals surface area (Å²) in [6, 6.07) is 22.7. The summed E-state index contributed by atoms with van der Waals surface area (Å²) in [5.41, 5.74) is 9.80. The Labute approximate surface area is 242 Å². The summed E-state index contributed by atoms with van der Waals surface area (Å²) in [5, 5.41) is 11.6. The Hall–Kier alpha value is -4.81. The Morgan fingerprint density at radius 3 is 2.52 bits per heavy atom. The van der Waals surface area contributed by atoms with Gasteiger partial charge in [-0.05, 0) is 54.2 Å². The summed E-state index contributed by atoms with van der Waals surface area (Å²) < 4.78 is 36.2. The molecule has 0 bridgehead atoms. The smallest absolute Gasteiger partial charge is 0.269 e. The quantitative estimate of drug-likeness (QED) is 0.170. The van der Waals surface area contributed by atoms with Crippen LogP contribution in [0, 0.1) is 16.0 Å². The molecule has 1 aliphatic carbocycles. The molecule has 0 radical (unpaired) electrons. The molecule has 5 aromatic rings. The number of hydrogen-bond acceptors (Lipinski definition) is 8. The second-order valence-electron chi connectivity index (χ2n) is 10.3. The lowest BCUT2D eigenvalue weighted by Gasteiger charge is -2.36. The van der Waals surface area contributed by atoms with Crippen LogP contribution >= 0.6 is 0 Å². The zero-order valence-corrected chi connectivity index (χ0v) is 23.3. The maximum absolute atomic E-state index is 12.7. The van der Waals surface area contributed by atoms with Crippen LogP contribution in [0.15, 0.2) is 96.3 Å². The first-order valence-electron chi connectivity index (χ1n) is 13.4. The van der Waals surface area contributed by atoms with Crippen molar-refractivity contribution in [3.63, 3.8) is 0 Å². The number of nitrogens with one attached hydrogen (secondary N) is 1. The summed E-state index contributed by atoms with van der Waals surface area (Å²) in [7, 11) is -3.78. The normalized spacial score (nSPS) is 16.7. The van der Waals surface area contributed by atoms with Gasteiger partial charge < -0.3 is 15.0 Å². The van der Waals surface area contributed by atoms with E-state index in [0.717, 1.165) is 46.3 Å². The highest BCUT2D eigenvalue weighted by Gasteiger charge is 2.33. The lowest BCUT2D eigenvalue weighted by molar-refractivity contribution is -0.384. The largest absolute Gasteiger partial charge is 0.489 e. The van der Waals surface area contributed by atoms with Gasteiger partial charge in [0.25, 0.3) is 5.69 Å². The molecule has 11 nitrogen and oxygen atoms in total. The number of benzene rings is 3. The van der Waals surface area contributed by atoms with Gasteiger partial charge in [0, 0.05) is 36.5 Å². The van der Waals surface area contributed by atoms with Gasteiger partial charge in [-0.25, -0.2) is 23.1 Å².